The van der Waals surface area contributed by atoms with Gasteiger partial charge in [-0.05, 0) is 164 Å². The van der Waals surface area contributed by atoms with Gasteiger partial charge in [-0.2, -0.15) is 0 Å². The number of para-hydroxylation sites is 2. The van der Waals surface area contributed by atoms with Crippen molar-refractivity contribution in [3.8, 4) is 66.8 Å². The van der Waals surface area contributed by atoms with Crippen molar-refractivity contribution in [3.63, 3.8) is 0 Å². The van der Waals surface area contributed by atoms with E-state index in [1.54, 1.807) is 0 Å². The maximum Gasteiger partial charge on any atom is 0.136 e. The summed E-state index contributed by atoms with van der Waals surface area (Å²) in [7, 11) is 0. The number of benzene rings is 11. The molecule has 0 saturated carbocycles. The van der Waals surface area contributed by atoms with E-state index < -0.39 is 0 Å². The van der Waals surface area contributed by atoms with Crippen LogP contribution in [0, 0.1) is 0 Å². The van der Waals surface area contributed by atoms with Crippen molar-refractivity contribution in [2.24, 2.45) is 0 Å². The van der Waals surface area contributed by atoms with Crippen LogP contribution < -0.4 is 4.90 Å². The molecule has 13 aromatic rings. The summed E-state index contributed by atoms with van der Waals surface area (Å²) < 4.78 is 12.8. The summed E-state index contributed by atoms with van der Waals surface area (Å²) in [5, 5.41) is 4.47. The molecule has 0 unspecified atom stereocenters. The molecule has 69 heavy (non-hydrogen) atoms. The molecule has 2 heterocycles. The maximum atomic E-state index is 6.40. The van der Waals surface area contributed by atoms with Crippen LogP contribution in [0.4, 0.5) is 17.1 Å². The summed E-state index contributed by atoms with van der Waals surface area (Å²) in [6.45, 7) is 0. The quantitative estimate of drug-likeness (QED) is 0.145. The maximum absolute atomic E-state index is 6.40. The molecule has 11 aromatic carbocycles. The number of hydrogen-bond donors (Lipinski definition) is 0. The van der Waals surface area contributed by atoms with Gasteiger partial charge in [0.25, 0.3) is 0 Å². The van der Waals surface area contributed by atoms with Crippen LogP contribution in [0.1, 0.15) is 0 Å². The van der Waals surface area contributed by atoms with E-state index in [1.807, 2.05) is 24.3 Å². The van der Waals surface area contributed by atoms with E-state index in [4.69, 9.17) is 8.83 Å². The van der Waals surface area contributed by atoms with Crippen LogP contribution in [-0.4, -0.2) is 0 Å². The van der Waals surface area contributed by atoms with Crippen LogP contribution in [0.5, 0.6) is 0 Å². The van der Waals surface area contributed by atoms with Crippen molar-refractivity contribution < 1.29 is 8.83 Å². The standard InChI is InChI=1S/C66H43NO2/c1-3-14-44(15-4-1)46-28-32-56(33-29-46)67(57-22-12-20-49(40-57)45-16-5-2-6-17-45)58-23-13-21-50(41-58)47-18-11-19-48(36-47)53-37-54(51-30-34-61-59-24-7-9-26-63(59)68-65(61)42-51)39-55(38-53)52-31-35-62-60-25-8-10-27-64(60)69-66(62)43-52/h1-43H. The van der Waals surface area contributed by atoms with Crippen molar-refractivity contribution >= 4 is 60.9 Å². The third-order valence-electron chi connectivity index (χ3n) is 13.4. The van der Waals surface area contributed by atoms with Gasteiger partial charge in [-0.3, -0.25) is 0 Å². The van der Waals surface area contributed by atoms with Crippen molar-refractivity contribution in [1.29, 1.82) is 0 Å². The molecule has 0 spiro atoms. The first-order valence-corrected chi connectivity index (χ1v) is 23.5. The number of anilines is 3. The van der Waals surface area contributed by atoms with E-state index in [1.165, 1.54) is 22.3 Å². The lowest BCUT2D eigenvalue weighted by molar-refractivity contribution is 0.668. The Hall–Kier alpha value is -9.18. The second-order valence-corrected chi connectivity index (χ2v) is 17.7. The first kappa shape index (κ1) is 40.1. The zero-order valence-electron chi connectivity index (χ0n) is 37.6. The van der Waals surface area contributed by atoms with Gasteiger partial charge in [0.1, 0.15) is 22.3 Å². The average molecular weight is 882 g/mol. The molecule has 2 aromatic heterocycles. The summed E-state index contributed by atoms with van der Waals surface area (Å²) in [4.78, 5) is 2.36. The lowest BCUT2D eigenvalue weighted by Gasteiger charge is -2.27. The molecule has 0 amide bonds. The molecule has 0 aliphatic carbocycles. The molecule has 0 N–H and O–H groups in total. The van der Waals surface area contributed by atoms with Crippen molar-refractivity contribution in [1.82, 2.24) is 0 Å². The van der Waals surface area contributed by atoms with Gasteiger partial charge in [0.15, 0.2) is 0 Å². The minimum atomic E-state index is 0.874. The van der Waals surface area contributed by atoms with E-state index in [0.717, 1.165) is 105 Å². The number of rotatable bonds is 9. The van der Waals surface area contributed by atoms with Crippen LogP contribution in [-0.2, 0) is 0 Å². The second-order valence-electron chi connectivity index (χ2n) is 17.7. The van der Waals surface area contributed by atoms with Gasteiger partial charge in [0, 0.05) is 38.6 Å². The van der Waals surface area contributed by atoms with E-state index in [9.17, 15) is 0 Å². The predicted octanol–water partition coefficient (Wildman–Crippen LogP) is 19.0. The largest absolute Gasteiger partial charge is 0.456 e. The molecule has 324 valence electrons. The summed E-state index contributed by atoms with van der Waals surface area (Å²) in [6.07, 6.45) is 0. The highest BCUT2D eigenvalue weighted by Gasteiger charge is 2.17. The first-order chi connectivity index (χ1) is 34.1. The summed E-state index contributed by atoms with van der Waals surface area (Å²) >= 11 is 0. The first-order valence-electron chi connectivity index (χ1n) is 23.5. The normalized spacial score (nSPS) is 11.5. The molecule has 3 nitrogen and oxygen atoms in total. The Morgan fingerprint density at radius 2 is 0.522 bits per heavy atom. The van der Waals surface area contributed by atoms with Gasteiger partial charge in [-0.25, -0.2) is 0 Å². The van der Waals surface area contributed by atoms with E-state index in [2.05, 4.69) is 241 Å². The Morgan fingerprint density at radius 3 is 1.04 bits per heavy atom. The second kappa shape index (κ2) is 16.9. The Bertz CT molecular complexity index is 3880. The highest BCUT2D eigenvalue weighted by atomic mass is 16.3. The predicted molar refractivity (Wildman–Crippen MR) is 288 cm³/mol. The fraction of sp³-hybridized carbons (Fsp3) is 0. The molecule has 3 heteroatoms. The van der Waals surface area contributed by atoms with Gasteiger partial charge in [0.2, 0.25) is 0 Å². The molecule has 0 aliphatic heterocycles. The number of hydrogen-bond acceptors (Lipinski definition) is 3. The molecule has 0 radical (unpaired) electrons. The molecule has 0 saturated heterocycles. The van der Waals surface area contributed by atoms with E-state index in [-0.39, 0.29) is 0 Å². The molecule has 13 rings (SSSR count). The molecule has 0 bridgehead atoms. The lowest BCUT2D eigenvalue weighted by atomic mass is 9.91. The molecule has 0 fully saturated rings. The van der Waals surface area contributed by atoms with Gasteiger partial charge in [-0.15, -0.1) is 0 Å². The van der Waals surface area contributed by atoms with Crippen molar-refractivity contribution in [3.05, 3.63) is 261 Å². The summed E-state index contributed by atoms with van der Waals surface area (Å²) in [5.41, 5.74) is 20.4. The Kier molecular flexibility index (Phi) is 9.84. The molecule has 0 atom stereocenters. The fourth-order valence-corrected chi connectivity index (χ4v) is 9.98. The summed E-state index contributed by atoms with van der Waals surface area (Å²) in [6, 6.07) is 93.3. The molecule has 0 aliphatic rings. The number of nitrogens with zero attached hydrogens (tertiary/aromatic N) is 1. The Balaban J connectivity index is 0.918. The molecular formula is C66H43NO2. The smallest absolute Gasteiger partial charge is 0.136 e. The van der Waals surface area contributed by atoms with Gasteiger partial charge < -0.3 is 13.7 Å². The number of furan rings is 2. The number of fused-ring (bicyclic) bond motifs is 6. The van der Waals surface area contributed by atoms with Crippen LogP contribution >= 0.6 is 0 Å². The minimum absolute atomic E-state index is 0.874. The van der Waals surface area contributed by atoms with Gasteiger partial charge >= 0.3 is 0 Å². The Morgan fingerprint density at radius 1 is 0.188 bits per heavy atom. The van der Waals surface area contributed by atoms with Crippen molar-refractivity contribution in [2.75, 3.05) is 4.90 Å². The fourth-order valence-electron chi connectivity index (χ4n) is 9.98. The topological polar surface area (TPSA) is 29.5 Å². The van der Waals surface area contributed by atoms with Crippen molar-refractivity contribution in [2.45, 2.75) is 0 Å². The monoisotopic (exact) mass is 881 g/mol. The lowest BCUT2D eigenvalue weighted by Crippen LogP contribution is -2.10. The Labute approximate surface area is 400 Å². The highest BCUT2D eigenvalue weighted by molar-refractivity contribution is 6.07. The highest BCUT2D eigenvalue weighted by Crippen LogP contribution is 2.42. The van der Waals surface area contributed by atoms with Crippen LogP contribution in [0.15, 0.2) is 270 Å². The minimum Gasteiger partial charge on any atom is -0.456 e. The third kappa shape index (κ3) is 7.53. The van der Waals surface area contributed by atoms with Gasteiger partial charge in [-0.1, -0.05) is 164 Å². The average Bonchev–Trinajstić information content (AvgIpc) is 3.99. The SMILES string of the molecule is c1ccc(-c2ccc(N(c3cccc(-c4ccccc4)c3)c3cccc(-c4cccc(-c5cc(-c6ccc7c(c6)oc6ccccc67)cc(-c6ccc7c(c6)oc6ccccc67)c5)c4)c3)cc2)cc1. The molecular weight excluding hydrogens is 839 g/mol. The van der Waals surface area contributed by atoms with E-state index >= 15 is 0 Å². The van der Waals surface area contributed by atoms with Gasteiger partial charge in [0.05, 0.1) is 0 Å². The summed E-state index contributed by atoms with van der Waals surface area (Å²) in [5.74, 6) is 0. The van der Waals surface area contributed by atoms with Crippen LogP contribution in [0.3, 0.4) is 0 Å². The third-order valence-corrected chi connectivity index (χ3v) is 13.4. The zero-order chi connectivity index (χ0) is 45.7. The van der Waals surface area contributed by atoms with Crippen LogP contribution in [0.2, 0.25) is 0 Å². The van der Waals surface area contributed by atoms with E-state index in [0.29, 0.717) is 0 Å². The van der Waals surface area contributed by atoms with Crippen LogP contribution in [0.25, 0.3) is 111 Å². The zero-order valence-corrected chi connectivity index (χ0v) is 37.6.